The van der Waals surface area contributed by atoms with Crippen molar-refractivity contribution in [1.29, 1.82) is 0 Å². The van der Waals surface area contributed by atoms with Crippen LogP contribution in [0.3, 0.4) is 0 Å². The first-order valence-corrected chi connectivity index (χ1v) is 11.6. The summed E-state index contributed by atoms with van der Waals surface area (Å²) >= 11 is 3.98. The van der Waals surface area contributed by atoms with Gasteiger partial charge in [-0.05, 0) is 29.9 Å². The summed E-state index contributed by atoms with van der Waals surface area (Å²) in [6.45, 7) is 2.04. The van der Waals surface area contributed by atoms with E-state index in [2.05, 4.69) is 27.0 Å². The summed E-state index contributed by atoms with van der Waals surface area (Å²) in [4.78, 5) is 38.5. The molecule has 0 aliphatic carbocycles. The van der Waals surface area contributed by atoms with E-state index in [1.54, 1.807) is 6.92 Å². The number of carbonyl (C=O) groups is 3. The van der Waals surface area contributed by atoms with Crippen LogP contribution in [0.5, 0.6) is 0 Å². The Morgan fingerprint density at radius 2 is 1.61 bits per heavy atom. The van der Waals surface area contributed by atoms with Gasteiger partial charge >= 0.3 is 0 Å². The minimum Gasteiger partial charge on any atom is -0.382 e. The summed E-state index contributed by atoms with van der Waals surface area (Å²) in [5.41, 5.74) is -0.00261. The lowest BCUT2D eigenvalue weighted by Crippen LogP contribution is -2.58. The molecule has 0 unspecified atom stereocenters. The fraction of sp³-hybridized carbons (Fsp3) is 0.550. The first kappa shape index (κ1) is 25.6. The van der Waals surface area contributed by atoms with Crippen LogP contribution >= 0.6 is 22.6 Å². The standard InChI is InChI=1S/C20H29N3O6S2/c1-20(12-29-20)17(24)14(9-13-7-5-4-6-8-13)21-18(25)15(10-27-2)22-19(26)16(11-28-3)23-31-30/h4-8,14-16,23,30H,9-12H2,1-3H3,(H,21,25)(H,22,26)/t14-,15-,16-,20+/m0/s1. The normalized spacial score (nSPS) is 20.4. The maximum Gasteiger partial charge on any atom is 0.245 e. The van der Waals surface area contributed by atoms with Crippen LogP contribution in [0.15, 0.2) is 30.3 Å². The average molecular weight is 472 g/mol. The predicted octanol–water partition coefficient (Wildman–Crippen LogP) is 0.301. The number of Topliss-reactive ketones (excluding diaryl/α,β-unsaturated/α-hetero) is 1. The molecule has 1 saturated heterocycles. The van der Waals surface area contributed by atoms with Gasteiger partial charge in [0.2, 0.25) is 11.8 Å². The molecule has 2 amide bonds. The minimum atomic E-state index is -0.998. The molecule has 1 fully saturated rings. The fourth-order valence-corrected chi connectivity index (χ4v) is 3.65. The molecular weight excluding hydrogens is 442 g/mol. The molecule has 11 heteroatoms. The third kappa shape index (κ3) is 7.78. The first-order chi connectivity index (χ1) is 14.8. The summed E-state index contributed by atoms with van der Waals surface area (Å²) < 4.78 is 18.2. The van der Waals surface area contributed by atoms with Gasteiger partial charge in [-0.2, -0.15) is 0 Å². The van der Waals surface area contributed by atoms with Crippen molar-refractivity contribution in [3.63, 3.8) is 0 Å². The van der Waals surface area contributed by atoms with Gasteiger partial charge in [0.25, 0.3) is 0 Å². The van der Waals surface area contributed by atoms with Gasteiger partial charge < -0.3 is 24.8 Å². The van der Waals surface area contributed by atoms with Crippen molar-refractivity contribution in [1.82, 2.24) is 15.4 Å². The molecule has 3 N–H and O–H groups in total. The van der Waals surface area contributed by atoms with Crippen LogP contribution in [0, 0.1) is 0 Å². The number of epoxide rings is 1. The third-order valence-electron chi connectivity index (χ3n) is 4.83. The predicted molar refractivity (Wildman–Crippen MR) is 121 cm³/mol. The Kier molecular flexibility index (Phi) is 10.3. The summed E-state index contributed by atoms with van der Waals surface area (Å²) in [5.74, 6) is -1.19. The number of methoxy groups -OCH3 is 2. The van der Waals surface area contributed by atoms with Crippen molar-refractivity contribution in [3.05, 3.63) is 35.9 Å². The van der Waals surface area contributed by atoms with Gasteiger partial charge in [0.15, 0.2) is 5.78 Å². The number of carbonyl (C=O) groups excluding carboxylic acids is 3. The number of ketones is 1. The topological polar surface area (TPSA) is 118 Å². The van der Waals surface area contributed by atoms with Gasteiger partial charge in [0.1, 0.15) is 17.7 Å². The van der Waals surface area contributed by atoms with Crippen molar-refractivity contribution in [2.45, 2.75) is 37.1 Å². The van der Waals surface area contributed by atoms with Crippen LogP contribution in [-0.2, 0) is 35.0 Å². The molecule has 1 aliphatic heterocycles. The fourth-order valence-electron chi connectivity index (χ4n) is 2.97. The third-order valence-corrected chi connectivity index (χ3v) is 5.53. The molecule has 4 atom stereocenters. The summed E-state index contributed by atoms with van der Waals surface area (Å²) in [6.07, 6.45) is 0.308. The van der Waals surface area contributed by atoms with Crippen molar-refractivity contribution >= 4 is 40.2 Å². The van der Waals surface area contributed by atoms with Crippen LogP contribution in [0.25, 0.3) is 0 Å². The highest BCUT2D eigenvalue weighted by molar-refractivity contribution is 8.67. The highest BCUT2D eigenvalue weighted by Crippen LogP contribution is 2.29. The Hall–Kier alpha value is -1.63. The van der Waals surface area contributed by atoms with Gasteiger partial charge in [0.05, 0.1) is 25.9 Å². The Balaban J connectivity index is 2.11. The second kappa shape index (κ2) is 12.4. The number of rotatable bonds is 14. The number of benzene rings is 1. The Morgan fingerprint density at radius 3 is 2.16 bits per heavy atom. The number of hydrogen-bond donors (Lipinski definition) is 4. The van der Waals surface area contributed by atoms with E-state index in [0.29, 0.717) is 13.0 Å². The summed E-state index contributed by atoms with van der Waals surface area (Å²) in [6, 6.07) is 6.85. The molecular formula is C20H29N3O6S2. The van der Waals surface area contributed by atoms with Crippen LogP contribution < -0.4 is 15.4 Å². The van der Waals surface area contributed by atoms with E-state index >= 15 is 0 Å². The second-order valence-corrected chi connectivity index (χ2v) is 8.33. The molecule has 1 aromatic carbocycles. The molecule has 31 heavy (non-hydrogen) atoms. The van der Waals surface area contributed by atoms with E-state index in [4.69, 9.17) is 14.2 Å². The lowest BCUT2D eigenvalue weighted by Gasteiger charge is -2.25. The van der Waals surface area contributed by atoms with Gasteiger partial charge in [-0.15, -0.1) is 0 Å². The van der Waals surface area contributed by atoms with E-state index in [1.807, 2.05) is 30.3 Å². The van der Waals surface area contributed by atoms with Gasteiger partial charge in [-0.3, -0.25) is 14.4 Å². The first-order valence-electron chi connectivity index (χ1n) is 9.71. The molecule has 1 aliphatic rings. The number of thiol groups is 1. The second-order valence-electron chi connectivity index (χ2n) is 7.37. The van der Waals surface area contributed by atoms with E-state index in [9.17, 15) is 14.4 Å². The maximum absolute atomic E-state index is 13.0. The maximum atomic E-state index is 13.0. The number of hydrogen-bond acceptors (Lipinski definition) is 9. The molecule has 172 valence electrons. The highest BCUT2D eigenvalue weighted by atomic mass is 33.1. The van der Waals surface area contributed by atoms with Crippen LogP contribution in [0.4, 0.5) is 0 Å². The van der Waals surface area contributed by atoms with E-state index in [1.165, 1.54) is 14.2 Å². The lowest BCUT2D eigenvalue weighted by atomic mass is 9.94. The van der Waals surface area contributed by atoms with Gasteiger partial charge in [0, 0.05) is 14.2 Å². The van der Waals surface area contributed by atoms with Crippen LogP contribution in [0.1, 0.15) is 12.5 Å². The zero-order chi connectivity index (χ0) is 22.9. The number of ether oxygens (including phenoxy) is 3. The SMILES string of the molecule is COC[C@H](NSS)C(=O)N[C@@H](COC)C(=O)N[C@@H](Cc1ccccc1)C(=O)[C@@]1(C)CO1. The Labute approximate surface area is 191 Å². The largest absolute Gasteiger partial charge is 0.382 e. The highest BCUT2D eigenvalue weighted by Gasteiger charge is 2.50. The molecule has 0 spiro atoms. The van der Waals surface area contributed by atoms with Crippen molar-refractivity contribution in [3.8, 4) is 0 Å². The van der Waals surface area contributed by atoms with Gasteiger partial charge in [-0.25, -0.2) is 4.72 Å². The van der Waals surface area contributed by atoms with E-state index in [0.717, 1.165) is 16.5 Å². The van der Waals surface area contributed by atoms with Crippen LogP contribution in [0.2, 0.25) is 0 Å². The zero-order valence-corrected chi connectivity index (χ0v) is 19.5. The summed E-state index contributed by atoms with van der Waals surface area (Å²) in [7, 11) is 3.85. The van der Waals surface area contributed by atoms with Crippen LogP contribution in [-0.4, -0.2) is 75.4 Å². The van der Waals surface area contributed by atoms with E-state index in [-0.39, 0.29) is 19.0 Å². The molecule has 1 heterocycles. The molecule has 9 nitrogen and oxygen atoms in total. The molecule has 0 radical (unpaired) electrons. The molecule has 0 saturated carbocycles. The zero-order valence-electron chi connectivity index (χ0n) is 17.8. The summed E-state index contributed by atoms with van der Waals surface area (Å²) in [5, 5.41) is 5.41. The van der Waals surface area contributed by atoms with Gasteiger partial charge in [-0.1, -0.05) is 42.0 Å². The molecule has 2 rings (SSSR count). The molecule has 0 aromatic heterocycles. The van der Waals surface area contributed by atoms with E-state index < -0.39 is 35.5 Å². The van der Waals surface area contributed by atoms with Crippen molar-refractivity contribution in [2.75, 3.05) is 34.0 Å². The lowest BCUT2D eigenvalue weighted by molar-refractivity contribution is -0.134. The Morgan fingerprint density at radius 1 is 1.06 bits per heavy atom. The number of nitrogens with one attached hydrogen (secondary N) is 3. The Bertz CT molecular complexity index is 742. The molecule has 1 aromatic rings. The quantitative estimate of drug-likeness (QED) is 0.132. The minimum absolute atomic E-state index is 0.0642. The average Bonchev–Trinajstić information content (AvgIpc) is 3.51. The molecule has 0 bridgehead atoms. The smallest absolute Gasteiger partial charge is 0.245 e. The van der Waals surface area contributed by atoms with Crippen molar-refractivity contribution in [2.24, 2.45) is 0 Å². The van der Waals surface area contributed by atoms with Crippen molar-refractivity contribution < 1.29 is 28.6 Å². The number of amides is 2. The monoisotopic (exact) mass is 471 g/mol.